The van der Waals surface area contributed by atoms with E-state index in [0.29, 0.717) is 6.04 Å². The Balaban J connectivity index is 2.78. The van der Waals surface area contributed by atoms with Gasteiger partial charge >= 0.3 is 0 Å². The molecule has 13 heavy (non-hydrogen) atoms. The Morgan fingerprint density at radius 2 is 2.31 bits per heavy atom. The van der Waals surface area contributed by atoms with E-state index in [-0.39, 0.29) is 5.56 Å². The maximum absolute atomic E-state index is 11.5. The van der Waals surface area contributed by atoms with Gasteiger partial charge in [-0.2, -0.15) is 0 Å². The summed E-state index contributed by atoms with van der Waals surface area (Å²) in [6.07, 6.45) is 0. The van der Waals surface area contributed by atoms with Gasteiger partial charge in [-0.15, -0.1) is 0 Å². The van der Waals surface area contributed by atoms with Gasteiger partial charge in [0.1, 0.15) is 0 Å². The van der Waals surface area contributed by atoms with Crippen LogP contribution in [0.4, 0.5) is 0 Å². The first-order chi connectivity index (χ1) is 6.11. The first-order valence-electron chi connectivity index (χ1n) is 4.54. The molecule has 1 N–H and O–H groups in total. The molecule has 0 spiro atoms. The summed E-state index contributed by atoms with van der Waals surface area (Å²) in [6.45, 7) is 4.97. The standard InChI is InChI=1S/C10H14N2O/c1-6-4-9(13)12(3)10-7(2)11-5-8(6)10/h4,7,11H,5H2,1-3H3. The highest BCUT2D eigenvalue weighted by molar-refractivity contribution is 5.34. The number of aryl methyl sites for hydroxylation is 1. The zero-order valence-electron chi connectivity index (χ0n) is 8.22. The number of aromatic nitrogens is 1. The largest absolute Gasteiger partial charge is 0.314 e. The molecule has 2 heterocycles. The highest BCUT2D eigenvalue weighted by Crippen LogP contribution is 2.24. The van der Waals surface area contributed by atoms with Gasteiger partial charge in [-0.25, -0.2) is 0 Å². The van der Waals surface area contributed by atoms with Crippen LogP contribution in [0.1, 0.15) is 29.8 Å². The average Bonchev–Trinajstić information content (AvgIpc) is 2.44. The van der Waals surface area contributed by atoms with Crippen molar-refractivity contribution in [3.8, 4) is 0 Å². The Kier molecular flexibility index (Phi) is 1.77. The Bertz CT molecular complexity index is 406. The van der Waals surface area contributed by atoms with Crippen molar-refractivity contribution in [1.82, 2.24) is 9.88 Å². The van der Waals surface area contributed by atoms with E-state index in [9.17, 15) is 4.79 Å². The quantitative estimate of drug-likeness (QED) is 0.639. The van der Waals surface area contributed by atoms with Gasteiger partial charge in [0.2, 0.25) is 0 Å². The van der Waals surface area contributed by atoms with E-state index in [2.05, 4.69) is 12.2 Å². The fourth-order valence-corrected chi connectivity index (χ4v) is 2.03. The van der Waals surface area contributed by atoms with Crippen LogP contribution >= 0.6 is 0 Å². The van der Waals surface area contributed by atoms with E-state index >= 15 is 0 Å². The topological polar surface area (TPSA) is 34.0 Å². The summed E-state index contributed by atoms with van der Waals surface area (Å²) >= 11 is 0. The molecule has 0 saturated heterocycles. The highest BCUT2D eigenvalue weighted by atomic mass is 16.1. The lowest BCUT2D eigenvalue weighted by Gasteiger charge is -2.11. The number of fused-ring (bicyclic) bond motifs is 1. The fraction of sp³-hybridized carbons (Fsp3) is 0.500. The zero-order valence-corrected chi connectivity index (χ0v) is 8.22. The average molecular weight is 178 g/mol. The Morgan fingerprint density at radius 1 is 1.62 bits per heavy atom. The predicted octanol–water partition coefficient (Wildman–Crippen LogP) is 0.858. The molecule has 0 bridgehead atoms. The van der Waals surface area contributed by atoms with E-state index in [1.807, 2.05) is 14.0 Å². The molecule has 2 rings (SSSR count). The molecule has 0 radical (unpaired) electrons. The molecule has 1 aromatic rings. The van der Waals surface area contributed by atoms with E-state index in [0.717, 1.165) is 17.8 Å². The Hall–Kier alpha value is -1.09. The van der Waals surface area contributed by atoms with Crippen molar-refractivity contribution in [3.63, 3.8) is 0 Å². The van der Waals surface area contributed by atoms with Crippen molar-refractivity contribution in [3.05, 3.63) is 33.2 Å². The summed E-state index contributed by atoms with van der Waals surface area (Å²) in [5.74, 6) is 0. The van der Waals surface area contributed by atoms with Crippen LogP contribution in [0.3, 0.4) is 0 Å². The molecule has 1 aliphatic heterocycles. The van der Waals surface area contributed by atoms with E-state index in [1.54, 1.807) is 10.6 Å². The molecule has 1 unspecified atom stereocenters. The molecule has 0 fully saturated rings. The summed E-state index contributed by atoms with van der Waals surface area (Å²) in [5, 5.41) is 3.33. The van der Waals surface area contributed by atoms with Gasteiger partial charge in [-0.1, -0.05) is 0 Å². The van der Waals surface area contributed by atoms with Crippen LogP contribution < -0.4 is 10.9 Å². The first-order valence-corrected chi connectivity index (χ1v) is 4.54. The third kappa shape index (κ3) is 1.11. The molecular formula is C10H14N2O. The minimum absolute atomic E-state index is 0.0896. The van der Waals surface area contributed by atoms with Crippen molar-refractivity contribution in [2.75, 3.05) is 0 Å². The number of hydrogen-bond donors (Lipinski definition) is 1. The van der Waals surface area contributed by atoms with E-state index < -0.39 is 0 Å². The number of hydrogen-bond acceptors (Lipinski definition) is 2. The summed E-state index contributed by atoms with van der Waals surface area (Å²) in [4.78, 5) is 11.5. The maximum atomic E-state index is 11.5. The normalized spacial score (nSPS) is 20.4. The monoisotopic (exact) mass is 178 g/mol. The summed E-state index contributed by atoms with van der Waals surface area (Å²) < 4.78 is 1.74. The molecule has 3 nitrogen and oxygen atoms in total. The minimum Gasteiger partial charge on any atom is -0.314 e. The van der Waals surface area contributed by atoms with Crippen LogP contribution in [0.5, 0.6) is 0 Å². The second kappa shape index (κ2) is 2.70. The Labute approximate surface area is 77.4 Å². The van der Waals surface area contributed by atoms with Crippen LogP contribution in [0.2, 0.25) is 0 Å². The molecule has 0 amide bonds. The number of rotatable bonds is 0. The van der Waals surface area contributed by atoms with Crippen molar-refractivity contribution in [2.45, 2.75) is 26.4 Å². The van der Waals surface area contributed by atoms with Gasteiger partial charge in [0.05, 0.1) is 0 Å². The smallest absolute Gasteiger partial charge is 0.250 e. The van der Waals surface area contributed by atoms with E-state index in [4.69, 9.17) is 0 Å². The first kappa shape index (κ1) is 8.51. The van der Waals surface area contributed by atoms with Crippen molar-refractivity contribution in [2.24, 2.45) is 7.05 Å². The lowest BCUT2D eigenvalue weighted by Crippen LogP contribution is -2.22. The summed E-state index contributed by atoms with van der Waals surface area (Å²) in [5.41, 5.74) is 3.63. The zero-order chi connectivity index (χ0) is 9.59. The molecule has 70 valence electrons. The number of pyridine rings is 1. The summed E-state index contributed by atoms with van der Waals surface area (Å²) in [6, 6.07) is 2.01. The number of nitrogens with zero attached hydrogens (tertiary/aromatic N) is 1. The lowest BCUT2D eigenvalue weighted by molar-refractivity contribution is 0.598. The predicted molar refractivity (Wildman–Crippen MR) is 51.7 cm³/mol. The molecule has 0 saturated carbocycles. The van der Waals surface area contributed by atoms with Crippen LogP contribution in [-0.2, 0) is 13.6 Å². The van der Waals surface area contributed by atoms with Gasteiger partial charge in [0.25, 0.3) is 5.56 Å². The molecule has 0 aliphatic carbocycles. The van der Waals surface area contributed by atoms with Gasteiger partial charge in [-0.05, 0) is 25.0 Å². The van der Waals surface area contributed by atoms with Crippen LogP contribution in [0.15, 0.2) is 10.9 Å². The van der Waals surface area contributed by atoms with Crippen molar-refractivity contribution in [1.29, 1.82) is 0 Å². The van der Waals surface area contributed by atoms with Crippen LogP contribution in [-0.4, -0.2) is 4.57 Å². The highest BCUT2D eigenvalue weighted by Gasteiger charge is 2.22. The van der Waals surface area contributed by atoms with Crippen LogP contribution in [0, 0.1) is 6.92 Å². The van der Waals surface area contributed by atoms with Crippen molar-refractivity contribution >= 4 is 0 Å². The van der Waals surface area contributed by atoms with E-state index in [1.165, 1.54) is 5.56 Å². The van der Waals surface area contributed by atoms with Crippen molar-refractivity contribution < 1.29 is 0 Å². The molecule has 1 atom stereocenters. The third-order valence-electron chi connectivity index (χ3n) is 2.81. The molecule has 0 aromatic carbocycles. The SMILES string of the molecule is Cc1cc(=O)n(C)c2c1CNC2C. The minimum atomic E-state index is 0.0896. The van der Waals surface area contributed by atoms with Gasteiger partial charge in [-0.3, -0.25) is 4.79 Å². The maximum Gasteiger partial charge on any atom is 0.250 e. The van der Waals surface area contributed by atoms with Crippen LogP contribution in [0.25, 0.3) is 0 Å². The number of nitrogens with one attached hydrogen (secondary N) is 1. The van der Waals surface area contributed by atoms with Gasteiger partial charge in [0.15, 0.2) is 0 Å². The van der Waals surface area contributed by atoms with Gasteiger partial charge < -0.3 is 9.88 Å². The third-order valence-corrected chi connectivity index (χ3v) is 2.81. The Morgan fingerprint density at radius 3 is 3.00 bits per heavy atom. The second-order valence-electron chi connectivity index (χ2n) is 3.69. The lowest BCUT2D eigenvalue weighted by atomic mass is 10.1. The molecule has 1 aliphatic rings. The molecule has 3 heteroatoms. The fourth-order valence-electron chi connectivity index (χ4n) is 2.03. The molecular weight excluding hydrogens is 164 g/mol. The molecule has 1 aromatic heterocycles. The van der Waals surface area contributed by atoms with Gasteiger partial charge in [0, 0.05) is 31.4 Å². The second-order valence-corrected chi connectivity index (χ2v) is 3.69. The summed E-state index contributed by atoms with van der Waals surface area (Å²) in [7, 11) is 1.84.